The Balaban J connectivity index is 0.678. The molecule has 6 fully saturated rings. The zero-order valence-electron chi connectivity index (χ0n) is 50.0. The Morgan fingerprint density at radius 2 is 1.50 bits per heavy atom. The molecule has 3 saturated carbocycles. The van der Waals surface area contributed by atoms with Crippen molar-refractivity contribution >= 4 is 78.2 Å². The van der Waals surface area contributed by atoms with Gasteiger partial charge in [-0.05, 0) is 173 Å². The van der Waals surface area contributed by atoms with E-state index in [1.807, 2.05) is 35.1 Å². The molecule has 4 heterocycles. The highest BCUT2D eigenvalue weighted by Gasteiger charge is 2.67. The van der Waals surface area contributed by atoms with E-state index in [1.54, 1.807) is 41.5 Å². The summed E-state index contributed by atoms with van der Waals surface area (Å²) < 4.78 is 99.8. The number of piperidine rings is 2. The van der Waals surface area contributed by atoms with Gasteiger partial charge in [0.1, 0.15) is 10.9 Å². The number of carbonyl (C=O) groups is 5. The number of likely N-dealkylation sites (tertiary alicyclic amines) is 1. The monoisotopic (exact) mass is 1270 g/mol. The van der Waals surface area contributed by atoms with Crippen LogP contribution in [0, 0.1) is 16.2 Å². The van der Waals surface area contributed by atoms with E-state index in [4.69, 9.17) is 0 Å². The number of allylic oxidation sites excluding steroid dienone is 1. The summed E-state index contributed by atoms with van der Waals surface area (Å²) in [6.45, 7) is 14.5. The van der Waals surface area contributed by atoms with Crippen molar-refractivity contribution in [3.63, 3.8) is 0 Å². The second-order valence-electron chi connectivity index (χ2n) is 26.2. The molecule has 18 nitrogen and oxygen atoms in total. The SMILES string of the molecule is CC1(C)CCC(CN2CCN(c3ccc(C(=O)NS(=O)(=O)c4ccc(N[C@H](CCN5CCC(NCCCNc6cccc7c6C(=O)N(C6CCC(=O)NC6=O)C7=O)CC5)CSc5ccccc5)c(S(=O)(=O)C(F)(F)F)c4)cc3)CC2)=C(C23CC(C)(C2)C3)C1. The van der Waals surface area contributed by atoms with Gasteiger partial charge in [-0.2, -0.15) is 13.2 Å². The summed E-state index contributed by atoms with van der Waals surface area (Å²) in [5, 5.41) is 12.1. The van der Waals surface area contributed by atoms with Gasteiger partial charge in [-0.15, -0.1) is 11.8 Å². The van der Waals surface area contributed by atoms with Crippen molar-refractivity contribution in [2.45, 2.75) is 136 Å². The van der Waals surface area contributed by atoms with Crippen molar-refractivity contribution in [3.8, 4) is 0 Å². The van der Waals surface area contributed by atoms with E-state index >= 15 is 0 Å². The first-order valence-electron chi connectivity index (χ1n) is 30.6. The quantitative estimate of drug-likeness (QED) is 0.0202. The molecule has 5 N–H and O–H groups in total. The molecule has 5 amide bonds. The Morgan fingerprint density at radius 1 is 0.784 bits per heavy atom. The lowest BCUT2D eigenvalue weighted by Gasteiger charge is -2.72. The topological polar surface area (TPSA) is 227 Å². The number of anilines is 3. The maximum atomic E-state index is 14.5. The minimum atomic E-state index is -6.13. The number of alkyl halides is 3. The molecule has 3 saturated heterocycles. The largest absolute Gasteiger partial charge is 0.501 e. The van der Waals surface area contributed by atoms with Gasteiger partial charge in [-0.3, -0.25) is 39.1 Å². The summed E-state index contributed by atoms with van der Waals surface area (Å²) in [7, 11) is -11.0. The third-order valence-electron chi connectivity index (χ3n) is 19.0. The van der Waals surface area contributed by atoms with Crippen LogP contribution in [0.1, 0.15) is 129 Å². The number of thioether (sulfide) groups is 1. The van der Waals surface area contributed by atoms with Crippen molar-refractivity contribution in [1.82, 2.24) is 30.1 Å². The predicted octanol–water partition coefficient (Wildman–Crippen LogP) is 8.84. The minimum absolute atomic E-state index is 0.00466. The highest BCUT2D eigenvalue weighted by molar-refractivity contribution is 7.99. The third kappa shape index (κ3) is 13.6. The Hall–Kier alpha value is -6.31. The van der Waals surface area contributed by atoms with Crippen LogP contribution in [-0.2, 0) is 29.4 Å². The summed E-state index contributed by atoms with van der Waals surface area (Å²) in [4.78, 5) is 71.3. The fourth-order valence-corrected chi connectivity index (χ4v) is 17.4. The van der Waals surface area contributed by atoms with E-state index in [2.05, 4.69) is 56.7 Å². The van der Waals surface area contributed by atoms with Crippen LogP contribution in [0.4, 0.5) is 30.2 Å². The summed E-state index contributed by atoms with van der Waals surface area (Å²) in [5.41, 5.74) is 0.171. The number of piperazine rings is 1. The molecule has 4 aliphatic heterocycles. The van der Waals surface area contributed by atoms with E-state index < -0.39 is 82.5 Å². The lowest BCUT2D eigenvalue weighted by atomic mass is 9.33. The molecule has 1 unspecified atom stereocenters. The maximum Gasteiger partial charge on any atom is 0.501 e. The van der Waals surface area contributed by atoms with Gasteiger partial charge in [0.2, 0.25) is 11.8 Å². The molecule has 4 aromatic carbocycles. The van der Waals surface area contributed by atoms with Crippen LogP contribution in [0.25, 0.3) is 0 Å². The van der Waals surface area contributed by atoms with Crippen molar-refractivity contribution < 1.29 is 54.0 Å². The van der Waals surface area contributed by atoms with E-state index in [0.717, 1.165) is 79.6 Å². The zero-order chi connectivity index (χ0) is 62.4. The first-order chi connectivity index (χ1) is 41.8. The number of nitrogens with one attached hydrogen (secondary N) is 5. The molecular weight excluding hydrogens is 1190 g/mol. The maximum absolute atomic E-state index is 14.5. The Morgan fingerprint density at radius 3 is 2.18 bits per heavy atom. The molecular formula is C64H78F3N9O9S3. The van der Waals surface area contributed by atoms with E-state index in [-0.39, 0.29) is 35.6 Å². The van der Waals surface area contributed by atoms with Crippen LogP contribution < -0.4 is 30.9 Å². The number of benzene rings is 4. The molecule has 88 heavy (non-hydrogen) atoms. The summed E-state index contributed by atoms with van der Waals surface area (Å²) in [5.74, 6) is -3.00. The molecule has 472 valence electrons. The van der Waals surface area contributed by atoms with Crippen molar-refractivity contribution in [1.29, 1.82) is 0 Å². The van der Waals surface area contributed by atoms with Gasteiger partial charge < -0.3 is 25.8 Å². The van der Waals surface area contributed by atoms with E-state index in [9.17, 15) is 54.0 Å². The molecule has 0 spiro atoms. The van der Waals surface area contributed by atoms with Crippen molar-refractivity contribution in [2.75, 3.05) is 86.7 Å². The third-order valence-corrected chi connectivity index (χ3v) is 23.0. The van der Waals surface area contributed by atoms with Crippen molar-refractivity contribution in [2.24, 2.45) is 16.2 Å². The molecule has 2 bridgehead atoms. The van der Waals surface area contributed by atoms with Crippen LogP contribution >= 0.6 is 11.8 Å². The Labute approximate surface area is 517 Å². The van der Waals surface area contributed by atoms with Gasteiger partial charge in [0, 0.05) is 91.9 Å². The number of hydrogen-bond acceptors (Lipinski definition) is 16. The first kappa shape index (κ1) is 63.3. The molecule has 12 rings (SSSR count). The number of carbonyl (C=O) groups excluding carboxylic acids is 5. The highest BCUT2D eigenvalue weighted by atomic mass is 32.2. The van der Waals surface area contributed by atoms with E-state index in [1.165, 1.54) is 56.0 Å². The number of halogens is 3. The fraction of sp³-hybridized carbons (Fsp3) is 0.516. The average Bonchev–Trinajstić information content (AvgIpc) is 0.839. The lowest BCUT2D eigenvalue weighted by Crippen LogP contribution is -2.61. The molecule has 24 heteroatoms. The number of rotatable bonds is 23. The van der Waals surface area contributed by atoms with Crippen LogP contribution in [0.5, 0.6) is 0 Å². The van der Waals surface area contributed by atoms with Gasteiger partial charge in [-0.25, -0.2) is 21.6 Å². The number of sulfonamides is 1. The molecule has 2 atom stereocenters. The number of sulfone groups is 1. The number of nitrogens with zero attached hydrogens (tertiary/aromatic N) is 4. The average molecular weight is 1270 g/mol. The number of fused-ring (bicyclic) bond motifs is 1. The fourth-order valence-electron chi connectivity index (χ4n) is 14.4. The normalized spacial score (nSPS) is 23.9. The number of imide groups is 2. The second kappa shape index (κ2) is 25.2. The van der Waals surface area contributed by atoms with E-state index in [0.29, 0.717) is 79.3 Å². The summed E-state index contributed by atoms with van der Waals surface area (Å²) in [6.07, 6.45) is 10.3. The smallest absolute Gasteiger partial charge is 0.384 e. The molecule has 4 aliphatic carbocycles. The van der Waals surface area contributed by atoms with Crippen LogP contribution in [0.15, 0.2) is 117 Å². The summed E-state index contributed by atoms with van der Waals surface area (Å²) in [6, 6.07) is 21.7. The first-order valence-corrected chi connectivity index (χ1v) is 34.5. The van der Waals surface area contributed by atoms with Gasteiger partial charge >= 0.3 is 5.51 Å². The molecule has 4 aromatic rings. The predicted molar refractivity (Wildman–Crippen MR) is 331 cm³/mol. The zero-order valence-corrected chi connectivity index (χ0v) is 52.4. The Kier molecular flexibility index (Phi) is 18.1. The van der Waals surface area contributed by atoms with Crippen LogP contribution in [-0.4, -0.2) is 156 Å². The van der Waals surface area contributed by atoms with Gasteiger partial charge in [0.25, 0.3) is 37.6 Å². The van der Waals surface area contributed by atoms with Crippen LogP contribution in [0.2, 0.25) is 0 Å². The Bertz CT molecular complexity index is 3590. The number of amides is 5. The standard InChI is InChI=1S/C64H78F3N9O9S3/c1-61(2)25-21-43(50(36-61)63-39-62(3,40-63)41-63)37-74-31-33-75(34-32-74)46-15-13-42(14-16-46)57(78)72-88(84,85)48-17-18-51(54(35-48)87(82,83)64(65,66)67)70-45(38-86-47-9-5-4-6-10-47)24-30-73-28-22-44(23-29-73)68-26-8-27-69-52-12-7-11-49-56(52)60(81)76(59(49)80)53-19-20-55(77)71-58(53)79/h4-7,9-18,35,44-45,53,68-70H,8,19-34,36-41H2,1-3H3,(H,72,78)(H,71,77,79)/t45-,53?,62?,63?/m1/s1. The summed E-state index contributed by atoms with van der Waals surface area (Å²) >= 11 is 1.43. The highest BCUT2D eigenvalue weighted by Crippen LogP contribution is 2.77. The lowest BCUT2D eigenvalue weighted by molar-refractivity contribution is -0.167. The minimum Gasteiger partial charge on any atom is -0.384 e. The molecule has 0 aromatic heterocycles. The molecule has 8 aliphatic rings. The second-order valence-corrected chi connectivity index (χ2v) is 30.9. The van der Waals surface area contributed by atoms with Crippen LogP contribution in [0.3, 0.4) is 0 Å². The van der Waals surface area contributed by atoms with Gasteiger partial charge in [0.15, 0.2) is 0 Å². The van der Waals surface area contributed by atoms with Crippen molar-refractivity contribution in [3.05, 3.63) is 119 Å². The van der Waals surface area contributed by atoms with Gasteiger partial charge in [0.05, 0.1) is 21.7 Å². The molecule has 0 radical (unpaired) electrons. The number of hydrogen-bond donors (Lipinski definition) is 5. The van der Waals surface area contributed by atoms with Gasteiger partial charge in [-0.1, -0.05) is 56.2 Å².